The minimum absolute atomic E-state index is 0.0104. The van der Waals surface area contributed by atoms with Crippen LogP contribution in [-0.2, 0) is 33.3 Å². The third-order valence-electron chi connectivity index (χ3n) is 7.02. The Morgan fingerprint density at radius 3 is 2.57 bits per heavy atom. The smallest absolute Gasteiger partial charge is 0.321 e. The molecular formula is C19H22Cl2O7. The van der Waals surface area contributed by atoms with Gasteiger partial charge in [0.1, 0.15) is 24.0 Å². The molecule has 2 aliphatic heterocycles. The van der Waals surface area contributed by atoms with Crippen molar-refractivity contribution in [1.29, 1.82) is 0 Å². The largest absolute Gasteiger partial charge is 0.464 e. The summed E-state index contributed by atoms with van der Waals surface area (Å²) in [6.07, 6.45) is 0.896. The molecule has 4 rings (SSSR count). The fourth-order valence-corrected chi connectivity index (χ4v) is 5.50. The lowest BCUT2D eigenvalue weighted by Gasteiger charge is -2.57. The molecule has 1 saturated carbocycles. The number of ether oxygens (including phenoxy) is 4. The van der Waals surface area contributed by atoms with Crippen molar-refractivity contribution < 1.29 is 33.3 Å². The number of carbonyl (C=O) groups is 3. The molecule has 28 heavy (non-hydrogen) atoms. The highest BCUT2D eigenvalue weighted by molar-refractivity contribution is 6.26. The molecule has 0 aromatic heterocycles. The summed E-state index contributed by atoms with van der Waals surface area (Å²) in [4.78, 5) is 37.0. The molecule has 2 aliphatic carbocycles. The number of rotatable bonds is 5. The Hall–Kier alpha value is -1.15. The van der Waals surface area contributed by atoms with E-state index in [0.29, 0.717) is 13.0 Å². The fraction of sp³-hybridized carbons (Fsp3) is 0.737. The van der Waals surface area contributed by atoms with Gasteiger partial charge in [-0.15, -0.1) is 23.2 Å². The van der Waals surface area contributed by atoms with Gasteiger partial charge < -0.3 is 18.9 Å². The molecule has 7 nitrogen and oxygen atoms in total. The SMILES string of the molecule is CC1=CC2OC3C(=O)C(OC(=O)CCl)C(C)(C2(COC(=O)CCl)CC1)C31CO1. The number of Topliss-reactive ketones (excluding diaryl/α,β-unsaturated/α-hetero) is 1. The summed E-state index contributed by atoms with van der Waals surface area (Å²) < 4.78 is 23.0. The van der Waals surface area contributed by atoms with Crippen molar-refractivity contribution in [2.24, 2.45) is 10.8 Å². The number of halogens is 2. The van der Waals surface area contributed by atoms with Gasteiger partial charge in [0, 0.05) is 5.41 Å². The molecule has 2 heterocycles. The second-order valence-corrected chi connectivity index (χ2v) is 8.72. The van der Waals surface area contributed by atoms with Gasteiger partial charge in [-0.2, -0.15) is 0 Å². The van der Waals surface area contributed by atoms with Gasteiger partial charge in [-0.25, -0.2) is 0 Å². The summed E-state index contributed by atoms with van der Waals surface area (Å²) >= 11 is 11.2. The van der Waals surface area contributed by atoms with E-state index < -0.39 is 46.7 Å². The molecule has 154 valence electrons. The van der Waals surface area contributed by atoms with Crippen molar-refractivity contribution >= 4 is 40.9 Å². The van der Waals surface area contributed by atoms with Crippen LogP contribution in [0.1, 0.15) is 26.7 Å². The van der Waals surface area contributed by atoms with Crippen LogP contribution in [0.5, 0.6) is 0 Å². The van der Waals surface area contributed by atoms with Crippen molar-refractivity contribution in [3.8, 4) is 0 Å². The Morgan fingerprint density at radius 1 is 1.29 bits per heavy atom. The minimum Gasteiger partial charge on any atom is -0.464 e. The van der Waals surface area contributed by atoms with Crippen LogP contribution in [0.2, 0.25) is 0 Å². The number of esters is 2. The van der Waals surface area contributed by atoms with Crippen LogP contribution in [0.15, 0.2) is 11.6 Å². The monoisotopic (exact) mass is 432 g/mol. The first-order chi connectivity index (χ1) is 13.3. The van der Waals surface area contributed by atoms with Crippen LogP contribution in [0.25, 0.3) is 0 Å². The average Bonchev–Trinajstić information content (AvgIpc) is 3.47. The van der Waals surface area contributed by atoms with Gasteiger partial charge in [0.2, 0.25) is 5.78 Å². The van der Waals surface area contributed by atoms with Gasteiger partial charge in [0.05, 0.1) is 18.1 Å². The van der Waals surface area contributed by atoms with Gasteiger partial charge in [-0.3, -0.25) is 14.4 Å². The highest BCUT2D eigenvalue weighted by Crippen LogP contribution is 2.71. The van der Waals surface area contributed by atoms with Gasteiger partial charge in [0.15, 0.2) is 12.2 Å². The minimum atomic E-state index is -1.09. The fourth-order valence-electron chi connectivity index (χ4n) is 5.36. The van der Waals surface area contributed by atoms with Crippen LogP contribution in [0, 0.1) is 10.8 Å². The first-order valence-corrected chi connectivity index (χ1v) is 10.3. The molecule has 0 N–H and O–H groups in total. The van der Waals surface area contributed by atoms with Crippen molar-refractivity contribution in [2.45, 2.75) is 50.6 Å². The predicted molar refractivity (Wildman–Crippen MR) is 98.2 cm³/mol. The second kappa shape index (κ2) is 6.69. The van der Waals surface area contributed by atoms with E-state index in [1.807, 2.05) is 19.9 Å². The Kier molecular flexibility index (Phi) is 4.81. The lowest BCUT2D eigenvalue weighted by Crippen LogP contribution is -2.66. The maximum atomic E-state index is 13.2. The Bertz CT molecular complexity index is 761. The van der Waals surface area contributed by atoms with E-state index in [9.17, 15) is 14.4 Å². The van der Waals surface area contributed by atoms with Crippen LogP contribution in [-0.4, -0.2) is 66.6 Å². The number of ketones is 1. The van der Waals surface area contributed by atoms with Crippen LogP contribution >= 0.6 is 23.2 Å². The topological polar surface area (TPSA) is 91.4 Å². The quantitative estimate of drug-likeness (QED) is 0.283. The lowest BCUT2D eigenvalue weighted by atomic mass is 9.51. The van der Waals surface area contributed by atoms with Crippen LogP contribution < -0.4 is 0 Å². The maximum Gasteiger partial charge on any atom is 0.321 e. The zero-order valence-corrected chi connectivity index (χ0v) is 17.2. The lowest BCUT2D eigenvalue weighted by molar-refractivity contribution is -0.232. The summed E-state index contributed by atoms with van der Waals surface area (Å²) in [6, 6.07) is 0. The molecule has 9 heteroatoms. The summed E-state index contributed by atoms with van der Waals surface area (Å²) in [7, 11) is 0. The van der Waals surface area contributed by atoms with Gasteiger partial charge in [0.25, 0.3) is 0 Å². The number of allylic oxidation sites excluding steroid dienone is 1. The molecule has 6 unspecified atom stereocenters. The van der Waals surface area contributed by atoms with Crippen molar-refractivity contribution in [2.75, 3.05) is 25.0 Å². The molecule has 6 atom stereocenters. The molecule has 2 bridgehead atoms. The predicted octanol–water partition coefficient (Wildman–Crippen LogP) is 1.77. The third kappa shape index (κ3) is 2.46. The first-order valence-electron chi connectivity index (χ1n) is 9.23. The Balaban J connectivity index is 1.82. The number of fused-ring (bicyclic) bond motifs is 2. The van der Waals surface area contributed by atoms with E-state index in [4.69, 9.17) is 42.1 Å². The molecular weight excluding hydrogens is 411 g/mol. The third-order valence-corrected chi connectivity index (χ3v) is 7.46. The Morgan fingerprint density at radius 2 is 1.96 bits per heavy atom. The molecule has 3 fully saturated rings. The zero-order valence-electron chi connectivity index (χ0n) is 15.7. The highest BCUT2D eigenvalue weighted by atomic mass is 35.5. The number of epoxide rings is 1. The van der Waals surface area contributed by atoms with E-state index in [1.165, 1.54) is 0 Å². The average molecular weight is 433 g/mol. The number of hydrogen-bond donors (Lipinski definition) is 0. The van der Waals surface area contributed by atoms with E-state index >= 15 is 0 Å². The van der Waals surface area contributed by atoms with Crippen LogP contribution in [0.3, 0.4) is 0 Å². The normalized spacial score (nSPS) is 43.4. The molecule has 0 radical (unpaired) electrons. The molecule has 0 amide bonds. The van der Waals surface area contributed by atoms with Crippen LogP contribution in [0.4, 0.5) is 0 Å². The van der Waals surface area contributed by atoms with Gasteiger partial charge in [-0.05, 0) is 19.8 Å². The van der Waals surface area contributed by atoms with E-state index in [2.05, 4.69) is 0 Å². The first kappa shape index (κ1) is 20.1. The highest BCUT2D eigenvalue weighted by Gasteiger charge is 2.86. The van der Waals surface area contributed by atoms with Crippen molar-refractivity contribution in [1.82, 2.24) is 0 Å². The van der Waals surface area contributed by atoms with Crippen molar-refractivity contribution in [3.05, 3.63) is 11.6 Å². The molecule has 1 spiro atoms. The molecule has 2 saturated heterocycles. The van der Waals surface area contributed by atoms with E-state index in [0.717, 1.165) is 12.0 Å². The zero-order chi connectivity index (χ0) is 20.3. The number of hydrogen-bond acceptors (Lipinski definition) is 7. The molecule has 4 aliphatic rings. The van der Waals surface area contributed by atoms with Gasteiger partial charge >= 0.3 is 11.9 Å². The second-order valence-electron chi connectivity index (χ2n) is 8.19. The van der Waals surface area contributed by atoms with E-state index in [-0.39, 0.29) is 24.2 Å². The van der Waals surface area contributed by atoms with Crippen molar-refractivity contribution in [3.63, 3.8) is 0 Å². The molecule has 0 aromatic carbocycles. The van der Waals surface area contributed by atoms with E-state index in [1.54, 1.807) is 0 Å². The summed E-state index contributed by atoms with van der Waals surface area (Å²) in [5.41, 5.74) is -1.51. The maximum absolute atomic E-state index is 13.2. The number of carbonyl (C=O) groups excluding carboxylic acids is 3. The summed E-state index contributed by atoms with van der Waals surface area (Å²) in [5, 5.41) is 0. The summed E-state index contributed by atoms with van der Waals surface area (Å²) in [6.45, 7) is 4.18. The Labute approximate surface area is 172 Å². The molecule has 0 aromatic rings. The standard InChI is InChI=1S/C19H22Cl2O7/c1-10-3-4-18(8-25-12(22)6-20)11(5-10)27-16-14(24)15(28-13(23)7-21)17(18,2)19(16)9-26-19/h5,11,15-16H,3-4,6-9H2,1-2H3. The summed E-state index contributed by atoms with van der Waals surface area (Å²) in [5.74, 6) is -2.22. The van der Waals surface area contributed by atoms with Gasteiger partial charge in [-0.1, -0.05) is 18.6 Å². The number of alkyl halides is 2.